The van der Waals surface area contributed by atoms with Crippen LogP contribution in [0.1, 0.15) is 23.1 Å². The van der Waals surface area contributed by atoms with Gasteiger partial charge in [-0.05, 0) is 52.5 Å². The minimum atomic E-state index is -1.05. The van der Waals surface area contributed by atoms with Gasteiger partial charge in [0.05, 0.1) is 23.9 Å². The SMILES string of the molecule is CSCC[C@H](NC(=O)CN(CCNC(=O)CSCc1ccc(C#N)cc1)Cc1cccc2ccccc12)C(=O)O. The van der Waals surface area contributed by atoms with Crippen molar-refractivity contribution >= 4 is 52.1 Å². The van der Waals surface area contributed by atoms with Crippen LogP contribution in [0.4, 0.5) is 0 Å². The predicted octanol–water partition coefficient (Wildman–Crippen LogP) is 3.89. The van der Waals surface area contributed by atoms with E-state index in [1.54, 1.807) is 12.1 Å². The highest BCUT2D eigenvalue weighted by Gasteiger charge is 2.21. The molecule has 40 heavy (non-hydrogen) atoms. The molecule has 0 aromatic heterocycles. The number of nitrogens with one attached hydrogen (secondary N) is 2. The largest absolute Gasteiger partial charge is 0.480 e. The number of carboxylic acids is 1. The average Bonchev–Trinajstić information content (AvgIpc) is 2.95. The lowest BCUT2D eigenvalue weighted by Crippen LogP contribution is -2.47. The first-order valence-electron chi connectivity index (χ1n) is 12.9. The topological polar surface area (TPSA) is 123 Å². The number of carboxylic acid groups (broad SMARTS) is 1. The molecular weight excluding hydrogens is 544 g/mol. The van der Waals surface area contributed by atoms with Crippen molar-refractivity contribution in [3.63, 3.8) is 0 Å². The van der Waals surface area contributed by atoms with E-state index in [4.69, 9.17) is 5.26 Å². The Bertz CT molecular complexity index is 1320. The third-order valence-corrected chi connectivity index (χ3v) is 7.87. The molecule has 0 radical (unpaired) electrons. The highest BCUT2D eigenvalue weighted by Crippen LogP contribution is 2.20. The van der Waals surface area contributed by atoms with Crippen molar-refractivity contribution in [3.05, 3.63) is 83.4 Å². The summed E-state index contributed by atoms with van der Waals surface area (Å²) in [5, 5.41) is 26.2. The van der Waals surface area contributed by atoms with Gasteiger partial charge in [0.2, 0.25) is 11.8 Å². The standard InChI is InChI=1S/C30H34N4O4S2/c1-39-16-13-27(30(37)38)33-28(35)19-34(18-25-7-4-6-24-5-2-3-8-26(24)25)15-14-32-29(36)21-40-20-23-11-9-22(17-31)10-12-23/h2-12,27H,13-16,18-21H2,1H3,(H,32,36)(H,33,35)(H,37,38)/t27-/m0/s1. The van der Waals surface area contributed by atoms with Gasteiger partial charge in [-0.15, -0.1) is 11.8 Å². The molecule has 2 amide bonds. The monoisotopic (exact) mass is 578 g/mol. The van der Waals surface area contributed by atoms with Gasteiger partial charge in [-0.3, -0.25) is 14.5 Å². The van der Waals surface area contributed by atoms with Gasteiger partial charge in [0.1, 0.15) is 6.04 Å². The van der Waals surface area contributed by atoms with E-state index in [-0.39, 0.29) is 18.4 Å². The molecule has 3 aromatic carbocycles. The summed E-state index contributed by atoms with van der Waals surface area (Å²) >= 11 is 3.02. The maximum absolute atomic E-state index is 12.9. The van der Waals surface area contributed by atoms with Crippen molar-refractivity contribution in [2.45, 2.75) is 24.8 Å². The number of thioether (sulfide) groups is 2. The fourth-order valence-electron chi connectivity index (χ4n) is 4.16. The molecule has 210 valence electrons. The smallest absolute Gasteiger partial charge is 0.326 e. The third-order valence-electron chi connectivity index (χ3n) is 6.22. The van der Waals surface area contributed by atoms with Crippen LogP contribution in [0.15, 0.2) is 66.7 Å². The van der Waals surface area contributed by atoms with E-state index in [1.165, 1.54) is 23.5 Å². The van der Waals surface area contributed by atoms with Gasteiger partial charge in [0.25, 0.3) is 0 Å². The molecule has 3 N–H and O–H groups in total. The maximum Gasteiger partial charge on any atom is 0.326 e. The summed E-state index contributed by atoms with van der Waals surface area (Å²) in [6, 6.07) is 22.5. The first kappa shape index (κ1) is 31.0. The van der Waals surface area contributed by atoms with Gasteiger partial charge < -0.3 is 15.7 Å². The van der Waals surface area contributed by atoms with Gasteiger partial charge in [0.15, 0.2) is 0 Å². The zero-order valence-electron chi connectivity index (χ0n) is 22.5. The second-order valence-electron chi connectivity index (χ2n) is 9.24. The van der Waals surface area contributed by atoms with E-state index >= 15 is 0 Å². The van der Waals surface area contributed by atoms with Crippen molar-refractivity contribution < 1.29 is 19.5 Å². The Kier molecular flexibility index (Phi) is 12.8. The van der Waals surface area contributed by atoms with E-state index < -0.39 is 12.0 Å². The molecule has 3 aromatic rings. The van der Waals surface area contributed by atoms with Crippen LogP contribution in [0.25, 0.3) is 10.8 Å². The molecule has 0 heterocycles. The van der Waals surface area contributed by atoms with E-state index in [9.17, 15) is 19.5 Å². The first-order chi connectivity index (χ1) is 19.4. The molecular formula is C30H34N4O4S2. The summed E-state index contributed by atoms with van der Waals surface area (Å²) in [4.78, 5) is 38.9. The van der Waals surface area contributed by atoms with Gasteiger partial charge in [0, 0.05) is 25.4 Å². The van der Waals surface area contributed by atoms with Gasteiger partial charge in [-0.25, -0.2) is 4.79 Å². The van der Waals surface area contributed by atoms with Crippen molar-refractivity contribution in [1.29, 1.82) is 5.26 Å². The number of amides is 2. The number of rotatable bonds is 16. The van der Waals surface area contributed by atoms with E-state index in [0.29, 0.717) is 48.9 Å². The minimum absolute atomic E-state index is 0.00951. The summed E-state index contributed by atoms with van der Waals surface area (Å²) in [5.74, 6) is 0.0718. The number of fused-ring (bicyclic) bond motifs is 1. The molecule has 0 aliphatic carbocycles. The molecule has 0 aliphatic rings. The van der Waals surface area contributed by atoms with Crippen LogP contribution in [-0.2, 0) is 26.7 Å². The molecule has 0 bridgehead atoms. The normalized spacial score (nSPS) is 11.6. The van der Waals surface area contributed by atoms with E-state index in [2.05, 4.69) is 16.7 Å². The summed E-state index contributed by atoms with van der Waals surface area (Å²) in [5.41, 5.74) is 2.69. The number of carbonyl (C=O) groups excluding carboxylic acids is 2. The van der Waals surface area contributed by atoms with Crippen LogP contribution in [-0.4, -0.2) is 71.2 Å². The van der Waals surface area contributed by atoms with Crippen molar-refractivity contribution in [2.75, 3.05) is 37.4 Å². The molecule has 0 spiro atoms. The van der Waals surface area contributed by atoms with Gasteiger partial charge >= 0.3 is 5.97 Å². The Morgan fingerprint density at radius 1 is 1.02 bits per heavy atom. The molecule has 0 fully saturated rings. The molecule has 8 nitrogen and oxygen atoms in total. The van der Waals surface area contributed by atoms with Crippen LogP contribution in [0.5, 0.6) is 0 Å². The van der Waals surface area contributed by atoms with Crippen molar-refractivity contribution in [3.8, 4) is 6.07 Å². The lowest BCUT2D eigenvalue weighted by Gasteiger charge is -2.24. The van der Waals surface area contributed by atoms with Crippen LogP contribution in [0, 0.1) is 11.3 Å². The Labute approximate surface area is 243 Å². The molecule has 10 heteroatoms. The fraction of sp³-hybridized carbons (Fsp3) is 0.333. The van der Waals surface area contributed by atoms with Gasteiger partial charge in [-0.2, -0.15) is 17.0 Å². The summed E-state index contributed by atoms with van der Waals surface area (Å²) < 4.78 is 0. The molecule has 3 rings (SSSR count). The highest BCUT2D eigenvalue weighted by molar-refractivity contribution is 7.99. The Morgan fingerprint density at radius 3 is 2.50 bits per heavy atom. The Hall–Kier alpha value is -3.52. The number of hydrogen-bond donors (Lipinski definition) is 3. The lowest BCUT2D eigenvalue weighted by molar-refractivity contribution is -0.142. The average molecular weight is 579 g/mol. The van der Waals surface area contributed by atoms with E-state index in [0.717, 1.165) is 21.9 Å². The number of nitrogens with zero attached hydrogens (tertiary/aromatic N) is 2. The molecule has 0 aliphatic heterocycles. The molecule has 0 unspecified atom stereocenters. The fourth-order valence-corrected chi connectivity index (χ4v) is 5.45. The molecule has 0 saturated heterocycles. The highest BCUT2D eigenvalue weighted by atomic mass is 32.2. The number of carbonyl (C=O) groups is 3. The van der Waals surface area contributed by atoms with Crippen LogP contribution in [0.3, 0.4) is 0 Å². The summed E-state index contributed by atoms with van der Waals surface area (Å²) in [6.07, 6.45) is 2.24. The van der Waals surface area contributed by atoms with E-state index in [1.807, 2.05) is 65.8 Å². The number of nitriles is 1. The Balaban J connectivity index is 1.57. The Morgan fingerprint density at radius 2 is 1.77 bits per heavy atom. The number of benzene rings is 3. The predicted molar refractivity (Wildman–Crippen MR) is 162 cm³/mol. The molecule has 1 atom stereocenters. The zero-order chi connectivity index (χ0) is 28.7. The number of hydrogen-bond acceptors (Lipinski definition) is 7. The maximum atomic E-state index is 12.9. The first-order valence-corrected chi connectivity index (χ1v) is 15.5. The second-order valence-corrected chi connectivity index (χ2v) is 11.2. The van der Waals surface area contributed by atoms with Crippen LogP contribution in [0.2, 0.25) is 0 Å². The van der Waals surface area contributed by atoms with Crippen LogP contribution < -0.4 is 10.6 Å². The number of aliphatic carboxylic acids is 1. The minimum Gasteiger partial charge on any atom is -0.480 e. The second kappa shape index (κ2) is 16.6. The zero-order valence-corrected chi connectivity index (χ0v) is 24.1. The van der Waals surface area contributed by atoms with Gasteiger partial charge in [-0.1, -0.05) is 54.6 Å². The van der Waals surface area contributed by atoms with Crippen molar-refractivity contribution in [2.24, 2.45) is 0 Å². The summed E-state index contributed by atoms with van der Waals surface area (Å²) in [6.45, 7) is 1.25. The molecule has 0 saturated carbocycles. The third kappa shape index (κ3) is 10.2. The van der Waals surface area contributed by atoms with Crippen LogP contribution >= 0.6 is 23.5 Å². The lowest BCUT2D eigenvalue weighted by atomic mass is 10.0. The summed E-state index contributed by atoms with van der Waals surface area (Å²) in [7, 11) is 0. The van der Waals surface area contributed by atoms with Crippen molar-refractivity contribution in [1.82, 2.24) is 15.5 Å². The quantitative estimate of drug-likeness (QED) is 0.234.